The Labute approximate surface area is 256 Å². The van der Waals surface area contributed by atoms with Gasteiger partial charge >= 0.3 is 0 Å². The molecule has 1 atom stereocenters. The summed E-state index contributed by atoms with van der Waals surface area (Å²) in [7, 11) is 1.82. The van der Waals surface area contributed by atoms with Gasteiger partial charge in [0.05, 0.1) is 23.1 Å². The van der Waals surface area contributed by atoms with Crippen molar-refractivity contribution in [1.29, 1.82) is 0 Å². The molecule has 0 saturated carbocycles. The molecule has 2 aromatic heterocycles. The van der Waals surface area contributed by atoms with Crippen LogP contribution in [0.5, 0.6) is 0 Å². The Morgan fingerprint density at radius 2 is 1.74 bits per heavy atom. The molecule has 1 fully saturated rings. The summed E-state index contributed by atoms with van der Waals surface area (Å²) in [5, 5.41) is 16.5. The van der Waals surface area contributed by atoms with Crippen molar-refractivity contribution in [2.24, 2.45) is 7.05 Å². The van der Waals surface area contributed by atoms with E-state index in [0.717, 1.165) is 22.0 Å². The van der Waals surface area contributed by atoms with E-state index >= 15 is 0 Å². The first-order chi connectivity index (χ1) is 20.6. The van der Waals surface area contributed by atoms with Gasteiger partial charge in [0, 0.05) is 35.8 Å². The van der Waals surface area contributed by atoms with Gasteiger partial charge in [-0.3, -0.25) is 24.0 Å². The van der Waals surface area contributed by atoms with Crippen molar-refractivity contribution >= 4 is 63.2 Å². The lowest BCUT2D eigenvalue weighted by Gasteiger charge is -2.38. The third-order valence-electron chi connectivity index (χ3n) is 7.28. The van der Waals surface area contributed by atoms with Crippen LogP contribution in [0.2, 0.25) is 10.2 Å². The monoisotopic (exact) mass is 616 g/mol. The van der Waals surface area contributed by atoms with E-state index in [4.69, 9.17) is 23.2 Å². The number of rotatable bonds is 7. The van der Waals surface area contributed by atoms with Gasteiger partial charge in [0.25, 0.3) is 0 Å². The fraction of sp³-hybridized carbons (Fsp3) is 0.200. The van der Waals surface area contributed by atoms with Gasteiger partial charge in [0.2, 0.25) is 17.7 Å². The summed E-state index contributed by atoms with van der Waals surface area (Å²) in [4.78, 5) is 43.9. The molecule has 11 nitrogen and oxygen atoms in total. The summed E-state index contributed by atoms with van der Waals surface area (Å²) in [6, 6.07) is 17.1. The predicted molar refractivity (Wildman–Crippen MR) is 163 cm³/mol. The maximum absolute atomic E-state index is 13.8. The second-order valence-electron chi connectivity index (χ2n) is 10.4. The molecule has 0 spiro atoms. The number of carbonyl (C=O) groups excluding carboxylic acids is 3. The molecule has 0 radical (unpaired) electrons. The van der Waals surface area contributed by atoms with Gasteiger partial charge in [-0.1, -0.05) is 58.2 Å². The number of hydrogen-bond acceptors (Lipinski definition) is 6. The molecule has 3 aromatic carbocycles. The van der Waals surface area contributed by atoms with E-state index in [2.05, 4.69) is 20.7 Å². The molecule has 3 heterocycles. The summed E-state index contributed by atoms with van der Waals surface area (Å²) in [5.74, 6) is -1.18. The topological polar surface area (TPSA) is 118 Å². The minimum Gasteiger partial charge on any atom is -0.324 e. The number of anilines is 2. The van der Waals surface area contributed by atoms with Crippen molar-refractivity contribution in [1.82, 2.24) is 29.7 Å². The SMILES string of the molecule is Cc1ccc(CC(C(=O)Nc2ccc3nn(C)cc3c2)N2CC(=O)N(c3cc(Cl)ccc3-n3cc(Cl)nn3)CC2=O)cc1. The second kappa shape index (κ2) is 11.5. The van der Waals surface area contributed by atoms with Crippen LogP contribution in [0, 0.1) is 6.92 Å². The summed E-state index contributed by atoms with van der Waals surface area (Å²) in [6.07, 6.45) is 3.56. The van der Waals surface area contributed by atoms with E-state index in [1.165, 1.54) is 20.7 Å². The van der Waals surface area contributed by atoms with E-state index in [-0.39, 0.29) is 30.6 Å². The average molecular weight is 617 g/mol. The molecule has 6 rings (SSSR count). The lowest BCUT2D eigenvalue weighted by molar-refractivity contribution is -0.143. The molecule has 5 aromatic rings. The second-order valence-corrected chi connectivity index (χ2v) is 11.2. The van der Waals surface area contributed by atoms with Gasteiger partial charge in [0.1, 0.15) is 19.1 Å². The first-order valence-electron chi connectivity index (χ1n) is 13.4. The van der Waals surface area contributed by atoms with Crippen LogP contribution in [0.3, 0.4) is 0 Å². The maximum atomic E-state index is 13.8. The molecule has 3 amide bonds. The maximum Gasteiger partial charge on any atom is 0.247 e. The van der Waals surface area contributed by atoms with E-state index in [0.29, 0.717) is 22.1 Å². The van der Waals surface area contributed by atoms with Crippen LogP contribution in [-0.4, -0.2) is 66.5 Å². The molecule has 1 unspecified atom stereocenters. The van der Waals surface area contributed by atoms with Gasteiger partial charge < -0.3 is 10.2 Å². The molecule has 1 aliphatic rings. The molecule has 0 aliphatic carbocycles. The Hall–Kier alpha value is -4.74. The van der Waals surface area contributed by atoms with Crippen LogP contribution < -0.4 is 10.2 Å². The summed E-state index contributed by atoms with van der Waals surface area (Å²) in [5.41, 5.74) is 4.13. The Morgan fingerprint density at radius 1 is 0.953 bits per heavy atom. The number of hydrogen-bond donors (Lipinski definition) is 1. The van der Waals surface area contributed by atoms with Crippen molar-refractivity contribution < 1.29 is 14.4 Å². The fourth-order valence-electron chi connectivity index (χ4n) is 5.15. The average Bonchev–Trinajstić information content (AvgIpc) is 3.57. The molecule has 43 heavy (non-hydrogen) atoms. The molecule has 0 bridgehead atoms. The number of nitrogens with one attached hydrogen (secondary N) is 1. The van der Waals surface area contributed by atoms with Crippen molar-refractivity contribution in [2.75, 3.05) is 23.3 Å². The van der Waals surface area contributed by atoms with Crippen LogP contribution in [-0.2, 0) is 27.9 Å². The van der Waals surface area contributed by atoms with E-state index in [1.54, 1.807) is 28.9 Å². The lowest BCUT2D eigenvalue weighted by atomic mass is 10.0. The summed E-state index contributed by atoms with van der Waals surface area (Å²) >= 11 is 12.3. The molecule has 1 aliphatic heterocycles. The predicted octanol–water partition coefficient (Wildman–Crippen LogP) is 4.19. The first kappa shape index (κ1) is 28.4. The third kappa shape index (κ3) is 5.95. The number of benzene rings is 3. The van der Waals surface area contributed by atoms with Crippen LogP contribution in [0.4, 0.5) is 11.4 Å². The van der Waals surface area contributed by atoms with Crippen LogP contribution in [0.15, 0.2) is 73.1 Å². The highest BCUT2D eigenvalue weighted by atomic mass is 35.5. The molecular weight excluding hydrogens is 591 g/mol. The Balaban J connectivity index is 1.29. The minimum atomic E-state index is -0.946. The van der Waals surface area contributed by atoms with Crippen LogP contribution in [0.1, 0.15) is 11.1 Å². The number of carbonyl (C=O) groups is 3. The van der Waals surface area contributed by atoms with Crippen molar-refractivity contribution in [3.63, 3.8) is 0 Å². The van der Waals surface area contributed by atoms with Gasteiger partial charge in [-0.15, -0.1) is 5.10 Å². The number of aryl methyl sites for hydroxylation is 2. The van der Waals surface area contributed by atoms with Crippen LogP contribution in [0.25, 0.3) is 16.6 Å². The summed E-state index contributed by atoms with van der Waals surface area (Å²) in [6.45, 7) is 1.36. The van der Waals surface area contributed by atoms with Crippen LogP contribution >= 0.6 is 23.2 Å². The van der Waals surface area contributed by atoms with E-state index < -0.39 is 17.9 Å². The quantitative estimate of drug-likeness (QED) is 0.293. The van der Waals surface area contributed by atoms with E-state index in [9.17, 15) is 14.4 Å². The van der Waals surface area contributed by atoms with Gasteiger partial charge in [-0.2, -0.15) is 5.10 Å². The molecule has 1 saturated heterocycles. The standard InChI is InChI=1S/C30H26Cl2N8O3/c1-18-3-5-19(6-4-18)11-26(30(43)33-22-8-9-23-20(12-22)14-37(2)35-23)39-17-28(41)38(16-29(39)42)25-13-21(31)7-10-24(25)40-15-27(32)34-36-40/h3-10,12-15,26H,11,16-17H2,1-2H3,(H,33,43). The number of halogens is 2. The third-order valence-corrected chi connectivity index (χ3v) is 7.68. The molecule has 218 valence electrons. The van der Waals surface area contributed by atoms with E-state index in [1.807, 2.05) is 56.6 Å². The highest BCUT2D eigenvalue weighted by Gasteiger charge is 2.39. The normalized spacial score (nSPS) is 14.4. The molecule has 1 N–H and O–H groups in total. The largest absolute Gasteiger partial charge is 0.324 e. The highest BCUT2D eigenvalue weighted by Crippen LogP contribution is 2.30. The number of aromatic nitrogens is 5. The minimum absolute atomic E-state index is 0.167. The smallest absolute Gasteiger partial charge is 0.247 e. The Bertz CT molecular complexity index is 1870. The van der Waals surface area contributed by atoms with Crippen molar-refractivity contribution in [2.45, 2.75) is 19.4 Å². The zero-order valence-electron chi connectivity index (χ0n) is 23.2. The first-order valence-corrected chi connectivity index (χ1v) is 14.2. The Kier molecular flexibility index (Phi) is 7.59. The highest BCUT2D eigenvalue weighted by molar-refractivity contribution is 6.31. The number of piperazine rings is 1. The van der Waals surface area contributed by atoms with Gasteiger partial charge in [0.15, 0.2) is 5.15 Å². The number of fused-ring (bicyclic) bond motifs is 1. The summed E-state index contributed by atoms with van der Waals surface area (Å²) < 4.78 is 3.11. The van der Waals surface area contributed by atoms with Gasteiger partial charge in [-0.25, -0.2) is 4.68 Å². The number of nitrogens with zero attached hydrogens (tertiary/aromatic N) is 7. The zero-order chi connectivity index (χ0) is 30.2. The van der Waals surface area contributed by atoms with Crippen molar-refractivity contribution in [3.05, 3.63) is 94.4 Å². The van der Waals surface area contributed by atoms with Gasteiger partial charge in [-0.05, 0) is 48.9 Å². The lowest BCUT2D eigenvalue weighted by Crippen LogP contribution is -2.60. The zero-order valence-corrected chi connectivity index (χ0v) is 24.7. The fourth-order valence-corrected chi connectivity index (χ4v) is 5.44. The Morgan fingerprint density at radius 3 is 2.49 bits per heavy atom. The number of amides is 3. The molecule has 13 heteroatoms. The molecular formula is C30H26Cl2N8O3. The van der Waals surface area contributed by atoms with Crippen molar-refractivity contribution in [3.8, 4) is 5.69 Å².